The Morgan fingerprint density at radius 2 is 2.06 bits per heavy atom. The van der Waals surface area contributed by atoms with E-state index in [1.165, 1.54) is 19.3 Å². The molecule has 1 aromatic heterocycles. The minimum absolute atomic E-state index is 0.125. The predicted octanol–water partition coefficient (Wildman–Crippen LogP) is 2.36. The first kappa shape index (κ1) is 13.2. The first-order valence-corrected chi connectivity index (χ1v) is 6.14. The third-order valence-electron chi connectivity index (χ3n) is 2.45. The van der Waals surface area contributed by atoms with Crippen LogP contribution in [0.2, 0.25) is 0 Å². The quantitative estimate of drug-likeness (QED) is 0.754. The molecule has 0 amide bonds. The smallest absolute Gasteiger partial charge is 0.140 e. The van der Waals surface area contributed by atoms with Gasteiger partial charge in [0, 0.05) is 12.1 Å². The predicted molar refractivity (Wildman–Crippen MR) is 66.1 cm³/mol. The van der Waals surface area contributed by atoms with E-state index in [2.05, 4.69) is 43.1 Å². The van der Waals surface area contributed by atoms with Gasteiger partial charge in [-0.1, -0.05) is 19.8 Å². The highest BCUT2D eigenvalue weighted by atomic mass is 15.3. The van der Waals surface area contributed by atoms with Crippen molar-refractivity contribution in [2.45, 2.75) is 65.6 Å². The summed E-state index contributed by atoms with van der Waals surface area (Å²) in [6, 6.07) is 0. The minimum atomic E-state index is 0.125. The fourth-order valence-electron chi connectivity index (χ4n) is 1.47. The van der Waals surface area contributed by atoms with Crippen molar-refractivity contribution in [1.82, 2.24) is 20.1 Å². The zero-order chi connectivity index (χ0) is 12.0. The molecule has 1 rings (SSSR count). The van der Waals surface area contributed by atoms with Crippen molar-refractivity contribution in [2.24, 2.45) is 0 Å². The van der Waals surface area contributed by atoms with Crippen molar-refractivity contribution in [3.05, 3.63) is 12.2 Å². The van der Waals surface area contributed by atoms with Gasteiger partial charge in [-0.15, -0.1) is 0 Å². The molecule has 0 unspecified atom stereocenters. The van der Waals surface area contributed by atoms with Crippen LogP contribution in [0.15, 0.2) is 6.33 Å². The Balaban J connectivity index is 2.44. The molecule has 1 N–H and O–H groups in total. The average Bonchev–Trinajstić information content (AvgIpc) is 2.62. The summed E-state index contributed by atoms with van der Waals surface area (Å²) in [6.07, 6.45) is 5.32. The largest absolute Gasteiger partial charge is 0.305 e. The number of aromatic nitrogens is 3. The van der Waals surface area contributed by atoms with Crippen LogP contribution < -0.4 is 5.32 Å². The van der Waals surface area contributed by atoms with E-state index in [0.29, 0.717) is 0 Å². The maximum Gasteiger partial charge on any atom is 0.140 e. The Morgan fingerprint density at radius 3 is 2.69 bits per heavy atom. The van der Waals surface area contributed by atoms with Crippen LogP contribution in [0, 0.1) is 0 Å². The van der Waals surface area contributed by atoms with Crippen LogP contribution in [0.25, 0.3) is 0 Å². The lowest BCUT2D eigenvalue weighted by Gasteiger charge is -2.20. The van der Waals surface area contributed by atoms with Gasteiger partial charge in [0.05, 0.1) is 6.54 Å². The van der Waals surface area contributed by atoms with E-state index >= 15 is 0 Å². The van der Waals surface area contributed by atoms with Crippen LogP contribution in [0.3, 0.4) is 0 Å². The average molecular weight is 224 g/mol. The van der Waals surface area contributed by atoms with E-state index in [9.17, 15) is 0 Å². The van der Waals surface area contributed by atoms with E-state index in [0.717, 1.165) is 18.9 Å². The molecule has 0 saturated heterocycles. The fraction of sp³-hybridized carbons (Fsp3) is 0.833. The molecule has 0 aromatic carbocycles. The number of hydrogen-bond donors (Lipinski definition) is 1. The molecular formula is C12H24N4. The van der Waals surface area contributed by atoms with Gasteiger partial charge in [0.15, 0.2) is 0 Å². The molecule has 16 heavy (non-hydrogen) atoms. The number of nitrogens with zero attached hydrogens (tertiary/aromatic N) is 3. The van der Waals surface area contributed by atoms with Crippen LogP contribution in [-0.2, 0) is 13.1 Å². The van der Waals surface area contributed by atoms with E-state index in [1.807, 2.05) is 4.68 Å². The topological polar surface area (TPSA) is 42.7 Å². The summed E-state index contributed by atoms with van der Waals surface area (Å²) in [4.78, 5) is 4.29. The summed E-state index contributed by atoms with van der Waals surface area (Å²) >= 11 is 0. The zero-order valence-corrected chi connectivity index (χ0v) is 11.0. The molecule has 0 saturated carbocycles. The highest BCUT2D eigenvalue weighted by Crippen LogP contribution is 2.04. The number of unbranched alkanes of at least 4 members (excludes halogenated alkanes) is 2. The van der Waals surface area contributed by atoms with Crippen molar-refractivity contribution in [3.63, 3.8) is 0 Å². The van der Waals surface area contributed by atoms with E-state index < -0.39 is 0 Å². The molecule has 0 spiro atoms. The van der Waals surface area contributed by atoms with Crippen LogP contribution in [0.4, 0.5) is 0 Å². The molecule has 4 heteroatoms. The molecule has 0 atom stereocenters. The molecule has 4 nitrogen and oxygen atoms in total. The van der Waals surface area contributed by atoms with Gasteiger partial charge >= 0.3 is 0 Å². The van der Waals surface area contributed by atoms with Gasteiger partial charge < -0.3 is 5.32 Å². The Kier molecular flexibility index (Phi) is 4.93. The van der Waals surface area contributed by atoms with Crippen molar-refractivity contribution >= 4 is 0 Å². The monoisotopic (exact) mass is 224 g/mol. The number of rotatable bonds is 6. The maximum absolute atomic E-state index is 4.29. The lowest BCUT2D eigenvalue weighted by molar-refractivity contribution is 0.405. The third-order valence-corrected chi connectivity index (χ3v) is 2.45. The van der Waals surface area contributed by atoms with Crippen molar-refractivity contribution < 1.29 is 0 Å². The Morgan fingerprint density at radius 1 is 1.31 bits per heavy atom. The molecule has 0 radical (unpaired) electrons. The van der Waals surface area contributed by atoms with Crippen molar-refractivity contribution in [2.75, 3.05) is 0 Å². The molecule has 0 aliphatic carbocycles. The molecule has 1 aromatic rings. The summed E-state index contributed by atoms with van der Waals surface area (Å²) in [5, 5.41) is 7.69. The second-order valence-corrected chi connectivity index (χ2v) is 5.21. The molecule has 0 bridgehead atoms. The number of hydrogen-bond acceptors (Lipinski definition) is 3. The van der Waals surface area contributed by atoms with Gasteiger partial charge in [-0.2, -0.15) is 5.10 Å². The van der Waals surface area contributed by atoms with Crippen molar-refractivity contribution in [1.29, 1.82) is 0 Å². The summed E-state index contributed by atoms with van der Waals surface area (Å²) in [5.74, 6) is 1.03. The van der Waals surface area contributed by atoms with E-state index in [1.54, 1.807) is 6.33 Å². The highest BCUT2D eigenvalue weighted by molar-refractivity contribution is 4.86. The van der Waals surface area contributed by atoms with Crippen LogP contribution >= 0.6 is 0 Å². The first-order valence-electron chi connectivity index (χ1n) is 6.14. The standard InChI is InChI=1S/C12H24N4/c1-5-6-7-8-16-11(13-10-15-16)9-14-12(2,3)4/h10,14H,5-9H2,1-4H3. The normalized spacial score (nSPS) is 12.0. The molecule has 0 fully saturated rings. The fourth-order valence-corrected chi connectivity index (χ4v) is 1.47. The van der Waals surface area contributed by atoms with Gasteiger partial charge in [-0.25, -0.2) is 9.67 Å². The van der Waals surface area contributed by atoms with Gasteiger partial charge in [0.25, 0.3) is 0 Å². The summed E-state index contributed by atoms with van der Waals surface area (Å²) in [7, 11) is 0. The van der Waals surface area contributed by atoms with Gasteiger partial charge in [-0.05, 0) is 27.2 Å². The van der Waals surface area contributed by atoms with E-state index in [-0.39, 0.29) is 5.54 Å². The van der Waals surface area contributed by atoms with Gasteiger partial charge in [-0.3, -0.25) is 0 Å². The molecule has 0 aliphatic heterocycles. The molecule has 1 heterocycles. The van der Waals surface area contributed by atoms with Crippen LogP contribution in [0.1, 0.15) is 52.8 Å². The van der Waals surface area contributed by atoms with Gasteiger partial charge in [0.2, 0.25) is 0 Å². The third kappa shape index (κ3) is 4.75. The molecule has 0 aliphatic rings. The lowest BCUT2D eigenvalue weighted by Crippen LogP contribution is -2.36. The van der Waals surface area contributed by atoms with Crippen LogP contribution in [-0.4, -0.2) is 20.3 Å². The Hall–Kier alpha value is -0.900. The van der Waals surface area contributed by atoms with Crippen LogP contribution in [0.5, 0.6) is 0 Å². The summed E-state index contributed by atoms with van der Waals surface area (Å²) in [5.41, 5.74) is 0.125. The maximum atomic E-state index is 4.29. The Labute approximate surface area is 98.5 Å². The molecular weight excluding hydrogens is 200 g/mol. The number of nitrogens with one attached hydrogen (secondary N) is 1. The minimum Gasteiger partial charge on any atom is -0.305 e. The van der Waals surface area contributed by atoms with E-state index in [4.69, 9.17) is 0 Å². The second kappa shape index (κ2) is 5.99. The lowest BCUT2D eigenvalue weighted by atomic mass is 10.1. The summed E-state index contributed by atoms with van der Waals surface area (Å²) < 4.78 is 2.01. The number of aryl methyl sites for hydroxylation is 1. The second-order valence-electron chi connectivity index (χ2n) is 5.21. The highest BCUT2D eigenvalue weighted by Gasteiger charge is 2.11. The molecule has 92 valence electrons. The first-order chi connectivity index (χ1) is 7.53. The van der Waals surface area contributed by atoms with Crippen molar-refractivity contribution in [3.8, 4) is 0 Å². The Bertz CT molecular complexity index is 298. The summed E-state index contributed by atoms with van der Waals surface area (Å²) in [6.45, 7) is 10.5. The SMILES string of the molecule is CCCCCn1ncnc1CNC(C)(C)C. The van der Waals surface area contributed by atoms with Gasteiger partial charge in [0.1, 0.15) is 12.2 Å². The zero-order valence-electron chi connectivity index (χ0n) is 11.0.